The molecule has 1 saturated heterocycles. The number of nitrogens with zero attached hydrogens (tertiary/aromatic N) is 3. The second kappa shape index (κ2) is 12.5. The minimum absolute atomic E-state index is 0.116. The maximum Gasteiger partial charge on any atom is 0.257 e. The predicted molar refractivity (Wildman–Crippen MR) is 183 cm³/mol. The van der Waals surface area contributed by atoms with Gasteiger partial charge in [0.05, 0.1) is 54.2 Å². The number of aromatic nitrogens is 2. The van der Waals surface area contributed by atoms with Crippen LogP contribution in [0.3, 0.4) is 0 Å². The Balaban J connectivity index is 0.974. The average Bonchev–Trinajstić information content (AvgIpc) is 3.72. The molecule has 0 radical (unpaired) electrons. The summed E-state index contributed by atoms with van der Waals surface area (Å²) in [5.74, 6) is 1.46. The van der Waals surface area contributed by atoms with Gasteiger partial charge >= 0.3 is 0 Å². The number of pyridine rings is 1. The van der Waals surface area contributed by atoms with Gasteiger partial charge in [-0.3, -0.25) is 9.78 Å². The highest BCUT2D eigenvalue weighted by Crippen LogP contribution is 2.38. The first-order valence-electron chi connectivity index (χ1n) is 16.5. The first kappa shape index (κ1) is 28.6. The maximum atomic E-state index is 13.4. The van der Waals surface area contributed by atoms with Crippen molar-refractivity contribution in [3.63, 3.8) is 0 Å². The standard InChI is InChI=1S/C38H39N5O3/c44-38-32-11-6-28(33-25-43(24-27-3-1-2-4-27)37-23-39-15-13-31(33)37)22-35(32)40-34-12-5-26(21-36(34)41-38)14-18-46-30-9-7-29(8-10-30)42-16-19-45-20-17-42/h5-13,15,21-23,25,27,40H,1-4,14,16-20,24H2,(H,41,44). The Morgan fingerprint density at radius 2 is 1.72 bits per heavy atom. The zero-order valence-electron chi connectivity index (χ0n) is 26.0. The third kappa shape index (κ3) is 5.81. The SMILES string of the molecule is O=C1Nc2cc(CCOc3ccc(N4CCOCC4)cc3)ccc2Nc2cc(-c3cn(CC4CCCC4)c4cnccc34)ccc21. The first-order valence-corrected chi connectivity index (χ1v) is 16.5. The van der Waals surface area contributed by atoms with Crippen LogP contribution in [0.2, 0.25) is 0 Å². The molecule has 0 spiro atoms. The Morgan fingerprint density at radius 3 is 2.57 bits per heavy atom. The van der Waals surface area contributed by atoms with Crippen LogP contribution in [0.4, 0.5) is 22.7 Å². The number of benzene rings is 3. The van der Waals surface area contributed by atoms with Gasteiger partial charge in [-0.2, -0.15) is 0 Å². The van der Waals surface area contributed by atoms with Crippen molar-refractivity contribution in [2.45, 2.75) is 38.6 Å². The lowest BCUT2D eigenvalue weighted by molar-refractivity contribution is 0.102. The monoisotopic (exact) mass is 613 g/mol. The molecule has 1 amide bonds. The molecule has 4 heterocycles. The van der Waals surface area contributed by atoms with Crippen molar-refractivity contribution in [1.29, 1.82) is 0 Å². The molecule has 0 bridgehead atoms. The Hall–Kier alpha value is -4.82. The first-order chi connectivity index (χ1) is 22.7. The number of anilines is 4. The Labute approximate surface area is 269 Å². The summed E-state index contributed by atoms with van der Waals surface area (Å²) in [5.41, 5.74) is 8.78. The maximum absolute atomic E-state index is 13.4. The van der Waals surface area contributed by atoms with E-state index in [1.165, 1.54) is 36.8 Å². The third-order valence-electron chi connectivity index (χ3n) is 9.66. The summed E-state index contributed by atoms with van der Waals surface area (Å²) in [4.78, 5) is 20.1. The molecule has 3 aromatic carbocycles. The number of nitrogens with one attached hydrogen (secondary N) is 2. The van der Waals surface area contributed by atoms with E-state index in [2.05, 4.69) is 67.7 Å². The smallest absolute Gasteiger partial charge is 0.257 e. The van der Waals surface area contributed by atoms with Crippen molar-refractivity contribution < 1.29 is 14.3 Å². The Kier molecular flexibility index (Phi) is 7.80. The molecule has 46 heavy (non-hydrogen) atoms. The van der Waals surface area contributed by atoms with Crippen LogP contribution >= 0.6 is 0 Å². The number of hydrogen-bond donors (Lipinski definition) is 2. The van der Waals surface area contributed by atoms with Gasteiger partial charge in [0.1, 0.15) is 5.75 Å². The lowest BCUT2D eigenvalue weighted by Gasteiger charge is -2.28. The molecule has 8 rings (SSSR count). The fourth-order valence-electron chi connectivity index (χ4n) is 7.16. The number of carbonyl (C=O) groups is 1. The van der Waals surface area contributed by atoms with Crippen LogP contribution in [-0.4, -0.2) is 48.4 Å². The highest BCUT2D eigenvalue weighted by molar-refractivity contribution is 6.13. The number of ether oxygens (including phenoxy) is 2. The van der Waals surface area contributed by atoms with Gasteiger partial charge in [-0.25, -0.2) is 0 Å². The summed E-state index contributed by atoms with van der Waals surface area (Å²) in [7, 11) is 0. The largest absolute Gasteiger partial charge is 0.493 e. The van der Waals surface area contributed by atoms with Gasteiger partial charge in [0.25, 0.3) is 5.91 Å². The van der Waals surface area contributed by atoms with Crippen LogP contribution in [0.25, 0.3) is 22.0 Å². The molecule has 8 nitrogen and oxygen atoms in total. The molecule has 0 atom stereocenters. The van der Waals surface area contributed by atoms with Crippen LogP contribution < -0.4 is 20.3 Å². The molecule has 234 valence electrons. The second-order valence-corrected chi connectivity index (χ2v) is 12.6. The molecular weight excluding hydrogens is 574 g/mol. The molecule has 3 aliphatic rings. The fraction of sp³-hybridized carbons (Fsp3) is 0.316. The van der Waals surface area contributed by atoms with Crippen molar-refractivity contribution in [1.82, 2.24) is 9.55 Å². The van der Waals surface area contributed by atoms with Crippen LogP contribution in [0, 0.1) is 5.92 Å². The summed E-state index contributed by atoms with van der Waals surface area (Å²) in [5, 5.41) is 7.87. The quantitative estimate of drug-likeness (QED) is 0.187. The van der Waals surface area contributed by atoms with E-state index in [1.54, 1.807) is 0 Å². The molecule has 2 aliphatic heterocycles. The fourth-order valence-corrected chi connectivity index (χ4v) is 7.16. The number of carbonyl (C=O) groups excluding carboxylic acids is 1. The van der Waals surface area contributed by atoms with E-state index in [1.807, 2.05) is 42.7 Å². The highest BCUT2D eigenvalue weighted by atomic mass is 16.5. The van der Waals surface area contributed by atoms with Crippen molar-refractivity contribution in [2.75, 3.05) is 48.4 Å². The molecule has 1 saturated carbocycles. The van der Waals surface area contributed by atoms with Gasteiger partial charge in [0, 0.05) is 55.1 Å². The van der Waals surface area contributed by atoms with Crippen LogP contribution in [0.5, 0.6) is 5.75 Å². The van der Waals surface area contributed by atoms with E-state index in [9.17, 15) is 4.79 Å². The van der Waals surface area contributed by atoms with Crippen LogP contribution in [0.1, 0.15) is 41.6 Å². The summed E-state index contributed by atoms with van der Waals surface area (Å²) in [6, 6.07) is 22.7. The van der Waals surface area contributed by atoms with Gasteiger partial charge in [-0.1, -0.05) is 25.0 Å². The highest BCUT2D eigenvalue weighted by Gasteiger charge is 2.22. The zero-order chi connectivity index (χ0) is 30.9. The third-order valence-corrected chi connectivity index (χ3v) is 9.66. The average molecular weight is 614 g/mol. The van der Waals surface area contributed by atoms with Gasteiger partial charge in [0.15, 0.2) is 0 Å². The molecule has 1 aliphatic carbocycles. The van der Waals surface area contributed by atoms with Crippen molar-refractivity contribution in [2.24, 2.45) is 5.92 Å². The van der Waals surface area contributed by atoms with Crippen molar-refractivity contribution in [3.05, 3.63) is 96.4 Å². The van der Waals surface area contributed by atoms with E-state index >= 15 is 0 Å². The van der Waals surface area contributed by atoms with Gasteiger partial charge < -0.3 is 29.6 Å². The lowest BCUT2D eigenvalue weighted by Crippen LogP contribution is -2.36. The van der Waals surface area contributed by atoms with Gasteiger partial charge in [-0.05, 0) is 84.5 Å². The summed E-state index contributed by atoms with van der Waals surface area (Å²) in [6.45, 7) is 4.94. The number of rotatable bonds is 8. The van der Waals surface area contributed by atoms with E-state index < -0.39 is 0 Å². The summed E-state index contributed by atoms with van der Waals surface area (Å²) >= 11 is 0. The minimum atomic E-state index is -0.116. The van der Waals surface area contributed by atoms with Crippen molar-refractivity contribution >= 4 is 39.6 Å². The topological polar surface area (TPSA) is 80.6 Å². The molecule has 2 N–H and O–H groups in total. The predicted octanol–water partition coefficient (Wildman–Crippen LogP) is 7.66. The molecule has 2 fully saturated rings. The van der Waals surface area contributed by atoms with Crippen LogP contribution in [0.15, 0.2) is 85.3 Å². The number of hydrogen-bond acceptors (Lipinski definition) is 6. The van der Waals surface area contributed by atoms with Crippen molar-refractivity contribution in [3.8, 4) is 16.9 Å². The Morgan fingerprint density at radius 1 is 0.870 bits per heavy atom. The van der Waals surface area contributed by atoms with E-state index in [0.29, 0.717) is 12.2 Å². The number of fused-ring (bicyclic) bond motifs is 3. The molecule has 2 aromatic heterocycles. The Bertz CT molecular complexity index is 1870. The zero-order valence-corrected chi connectivity index (χ0v) is 26.0. The molecule has 0 unspecified atom stereocenters. The van der Waals surface area contributed by atoms with Gasteiger partial charge in [-0.15, -0.1) is 0 Å². The van der Waals surface area contributed by atoms with E-state index in [0.717, 1.165) is 90.2 Å². The van der Waals surface area contributed by atoms with Crippen LogP contribution in [-0.2, 0) is 17.7 Å². The normalized spacial score (nSPS) is 16.4. The lowest BCUT2D eigenvalue weighted by atomic mass is 10.0. The number of morpholine rings is 1. The summed E-state index contributed by atoms with van der Waals surface area (Å²) < 4.78 is 13.9. The summed E-state index contributed by atoms with van der Waals surface area (Å²) in [6.07, 6.45) is 12.1. The second-order valence-electron chi connectivity index (χ2n) is 12.6. The number of amides is 1. The van der Waals surface area contributed by atoms with Gasteiger partial charge in [0.2, 0.25) is 0 Å². The van der Waals surface area contributed by atoms with E-state index in [-0.39, 0.29) is 5.91 Å². The molecule has 8 heteroatoms. The molecule has 5 aromatic rings. The van der Waals surface area contributed by atoms with E-state index in [4.69, 9.17) is 9.47 Å². The minimum Gasteiger partial charge on any atom is -0.493 e. The molecular formula is C38H39N5O3.